The first-order valence-corrected chi connectivity index (χ1v) is 10.3. The lowest BCUT2D eigenvalue weighted by atomic mass is 10.1. The largest absolute Gasteiger partial charge is 0.312 e. The summed E-state index contributed by atoms with van der Waals surface area (Å²) in [6, 6.07) is 7.76. The standard InChI is InChI=1S/C18H22N4O2S2/c1-4-12(3)25-18-21-20-17(26-18)19-16(24)13-9-15(23)22(10-13)14-7-5-6-11(2)8-14/h5-8,12-13H,4,9-10H2,1-3H3,(H,19,20,24)/t12-,13+/m0/s1. The zero-order valence-electron chi connectivity index (χ0n) is 15.1. The van der Waals surface area contributed by atoms with Crippen LogP contribution in [0.4, 0.5) is 10.8 Å². The van der Waals surface area contributed by atoms with Gasteiger partial charge in [-0.2, -0.15) is 0 Å². The van der Waals surface area contributed by atoms with Crippen LogP contribution in [0, 0.1) is 12.8 Å². The number of hydrogen-bond donors (Lipinski definition) is 1. The molecular formula is C18H22N4O2S2. The van der Waals surface area contributed by atoms with Crippen molar-refractivity contribution in [2.24, 2.45) is 5.92 Å². The molecule has 0 saturated carbocycles. The summed E-state index contributed by atoms with van der Waals surface area (Å²) in [5.41, 5.74) is 1.93. The normalized spacial score (nSPS) is 18.2. The summed E-state index contributed by atoms with van der Waals surface area (Å²) < 4.78 is 0.846. The van der Waals surface area contributed by atoms with E-state index in [4.69, 9.17) is 0 Å². The van der Waals surface area contributed by atoms with E-state index in [-0.39, 0.29) is 24.2 Å². The molecule has 138 valence electrons. The Morgan fingerprint density at radius 1 is 1.46 bits per heavy atom. The van der Waals surface area contributed by atoms with Crippen LogP contribution in [0.25, 0.3) is 0 Å². The SMILES string of the molecule is CC[C@H](C)Sc1nnc(NC(=O)[C@@H]2CC(=O)N(c3cccc(C)c3)C2)s1. The number of nitrogens with zero attached hydrogens (tertiary/aromatic N) is 3. The summed E-state index contributed by atoms with van der Waals surface area (Å²) in [6.07, 6.45) is 1.26. The van der Waals surface area contributed by atoms with Gasteiger partial charge in [-0.05, 0) is 31.0 Å². The lowest BCUT2D eigenvalue weighted by molar-refractivity contribution is -0.122. The van der Waals surface area contributed by atoms with Gasteiger partial charge in [0, 0.05) is 23.9 Å². The molecule has 0 aliphatic carbocycles. The smallest absolute Gasteiger partial charge is 0.231 e. The van der Waals surface area contributed by atoms with Crippen LogP contribution in [-0.4, -0.2) is 33.8 Å². The molecule has 1 aliphatic heterocycles. The van der Waals surface area contributed by atoms with Crippen molar-refractivity contribution < 1.29 is 9.59 Å². The van der Waals surface area contributed by atoms with E-state index in [0.717, 1.165) is 22.0 Å². The van der Waals surface area contributed by atoms with Gasteiger partial charge in [-0.25, -0.2) is 0 Å². The van der Waals surface area contributed by atoms with Crippen molar-refractivity contribution in [1.29, 1.82) is 0 Å². The van der Waals surface area contributed by atoms with Gasteiger partial charge in [-0.1, -0.05) is 49.1 Å². The quantitative estimate of drug-likeness (QED) is 0.601. The summed E-state index contributed by atoms with van der Waals surface area (Å²) in [7, 11) is 0. The molecule has 0 radical (unpaired) electrons. The van der Waals surface area contributed by atoms with Gasteiger partial charge in [-0.15, -0.1) is 10.2 Å². The first-order valence-electron chi connectivity index (χ1n) is 8.64. The summed E-state index contributed by atoms with van der Waals surface area (Å²) in [4.78, 5) is 26.5. The van der Waals surface area contributed by atoms with Gasteiger partial charge in [0.25, 0.3) is 0 Å². The second-order valence-electron chi connectivity index (χ2n) is 6.44. The molecule has 6 nitrogen and oxygen atoms in total. The number of benzene rings is 1. The van der Waals surface area contributed by atoms with E-state index in [9.17, 15) is 9.59 Å². The van der Waals surface area contributed by atoms with Crippen molar-refractivity contribution in [2.45, 2.75) is 43.2 Å². The highest BCUT2D eigenvalue weighted by Gasteiger charge is 2.35. The van der Waals surface area contributed by atoms with Crippen LogP contribution < -0.4 is 10.2 Å². The van der Waals surface area contributed by atoms with E-state index in [1.165, 1.54) is 11.3 Å². The molecule has 1 aliphatic rings. The predicted octanol–water partition coefficient (Wildman–Crippen LogP) is 3.73. The molecule has 1 aromatic heterocycles. The second-order valence-corrected chi connectivity index (χ2v) is 9.11. The van der Waals surface area contributed by atoms with Gasteiger partial charge < -0.3 is 10.2 Å². The number of thioether (sulfide) groups is 1. The number of aryl methyl sites for hydroxylation is 1. The Kier molecular flexibility index (Phi) is 5.93. The van der Waals surface area contributed by atoms with Crippen molar-refractivity contribution in [3.8, 4) is 0 Å². The van der Waals surface area contributed by atoms with Gasteiger partial charge in [-0.3, -0.25) is 9.59 Å². The van der Waals surface area contributed by atoms with Crippen molar-refractivity contribution in [3.05, 3.63) is 29.8 Å². The fraction of sp³-hybridized carbons (Fsp3) is 0.444. The zero-order chi connectivity index (χ0) is 18.7. The maximum Gasteiger partial charge on any atom is 0.231 e. The minimum Gasteiger partial charge on any atom is -0.312 e. The first-order chi connectivity index (χ1) is 12.5. The van der Waals surface area contributed by atoms with Crippen LogP contribution in [0.5, 0.6) is 0 Å². The number of amides is 2. The highest BCUT2D eigenvalue weighted by molar-refractivity contribution is 8.01. The molecule has 1 saturated heterocycles. The number of anilines is 2. The molecule has 1 aromatic carbocycles. The number of nitrogens with one attached hydrogen (secondary N) is 1. The number of carbonyl (C=O) groups excluding carboxylic acids is 2. The Morgan fingerprint density at radius 3 is 3.00 bits per heavy atom. The highest BCUT2D eigenvalue weighted by atomic mass is 32.2. The van der Waals surface area contributed by atoms with E-state index in [0.29, 0.717) is 16.9 Å². The van der Waals surface area contributed by atoms with Crippen LogP contribution in [0.1, 0.15) is 32.3 Å². The number of carbonyl (C=O) groups is 2. The minimum atomic E-state index is -0.377. The van der Waals surface area contributed by atoms with Gasteiger partial charge in [0.05, 0.1) is 5.92 Å². The molecule has 26 heavy (non-hydrogen) atoms. The molecular weight excluding hydrogens is 368 g/mol. The summed E-state index contributed by atoms with van der Waals surface area (Å²) >= 11 is 3.03. The van der Waals surface area contributed by atoms with Crippen LogP contribution in [0.2, 0.25) is 0 Å². The molecule has 2 amide bonds. The lowest BCUT2D eigenvalue weighted by Gasteiger charge is -2.17. The Hall–Kier alpha value is -1.93. The fourth-order valence-corrected chi connectivity index (χ4v) is 4.70. The van der Waals surface area contributed by atoms with Gasteiger partial charge in [0.15, 0.2) is 4.34 Å². The van der Waals surface area contributed by atoms with E-state index in [1.807, 2.05) is 31.2 Å². The molecule has 0 unspecified atom stereocenters. The van der Waals surface area contributed by atoms with Crippen molar-refractivity contribution >= 4 is 45.7 Å². The van der Waals surface area contributed by atoms with Gasteiger partial charge >= 0.3 is 0 Å². The third-order valence-corrected chi connectivity index (χ3v) is 6.51. The third kappa shape index (κ3) is 4.42. The predicted molar refractivity (Wildman–Crippen MR) is 106 cm³/mol. The molecule has 8 heteroatoms. The van der Waals surface area contributed by atoms with Crippen molar-refractivity contribution in [2.75, 3.05) is 16.8 Å². The highest BCUT2D eigenvalue weighted by Crippen LogP contribution is 2.31. The Balaban J connectivity index is 1.61. The van der Waals surface area contributed by atoms with Gasteiger partial charge in [0.1, 0.15) is 0 Å². The second kappa shape index (κ2) is 8.18. The lowest BCUT2D eigenvalue weighted by Crippen LogP contribution is -2.28. The number of hydrogen-bond acceptors (Lipinski definition) is 6. The van der Waals surface area contributed by atoms with Crippen LogP contribution >= 0.6 is 23.1 Å². The fourth-order valence-electron chi connectivity index (χ4n) is 2.70. The maximum atomic E-state index is 12.5. The average molecular weight is 391 g/mol. The molecule has 3 rings (SSSR count). The third-order valence-electron chi connectivity index (χ3n) is 4.32. The summed E-state index contributed by atoms with van der Waals surface area (Å²) in [6.45, 7) is 6.63. The van der Waals surface area contributed by atoms with Crippen LogP contribution in [0.3, 0.4) is 0 Å². The Morgan fingerprint density at radius 2 is 2.27 bits per heavy atom. The molecule has 2 aromatic rings. The molecule has 2 atom stereocenters. The first kappa shape index (κ1) is 18.8. The number of aromatic nitrogens is 2. The Labute approximate surface area is 161 Å². The van der Waals surface area contributed by atoms with Crippen LogP contribution in [0.15, 0.2) is 28.6 Å². The molecule has 0 spiro atoms. The summed E-state index contributed by atoms with van der Waals surface area (Å²) in [5.74, 6) is -0.580. The molecule has 2 heterocycles. The monoisotopic (exact) mass is 390 g/mol. The molecule has 0 bridgehead atoms. The zero-order valence-corrected chi connectivity index (χ0v) is 16.7. The number of rotatable bonds is 6. The van der Waals surface area contributed by atoms with E-state index in [2.05, 4.69) is 29.4 Å². The van der Waals surface area contributed by atoms with Crippen LogP contribution in [-0.2, 0) is 9.59 Å². The van der Waals surface area contributed by atoms with Crippen molar-refractivity contribution in [1.82, 2.24) is 10.2 Å². The van der Waals surface area contributed by atoms with E-state index >= 15 is 0 Å². The van der Waals surface area contributed by atoms with E-state index < -0.39 is 0 Å². The molecule has 1 N–H and O–H groups in total. The topological polar surface area (TPSA) is 75.2 Å². The van der Waals surface area contributed by atoms with Gasteiger partial charge in [0.2, 0.25) is 16.9 Å². The van der Waals surface area contributed by atoms with E-state index in [1.54, 1.807) is 16.7 Å². The minimum absolute atomic E-state index is 0.0268. The molecule has 1 fully saturated rings. The van der Waals surface area contributed by atoms with Crippen molar-refractivity contribution in [3.63, 3.8) is 0 Å². The average Bonchev–Trinajstić information content (AvgIpc) is 3.21. The Bertz CT molecular complexity index is 808. The summed E-state index contributed by atoms with van der Waals surface area (Å²) in [5, 5.41) is 11.9. The maximum absolute atomic E-state index is 12.5.